The van der Waals surface area contributed by atoms with Crippen molar-refractivity contribution in [1.82, 2.24) is 20.1 Å². The lowest BCUT2D eigenvalue weighted by Crippen LogP contribution is -2.09. The molecular formula is C16H13F3N4O2S. The molecule has 26 heavy (non-hydrogen) atoms. The zero-order valence-corrected chi connectivity index (χ0v) is 14.3. The summed E-state index contributed by atoms with van der Waals surface area (Å²) in [6.45, 7) is 1.88. The number of nitrogens with one attached hydrogen (secondary N) is 1. The van der Waals surface area contributed by atoms with E-state index in [1.165, 1.54) is 30.0 Å². The first-order valence-electron chi connectivity index (χ1n) is 7.58. The first kappa shape index (κ1) is 18.2. The summed E-state index contributed by atoms with van der Waals surface area (Å²) in [5.74, 6) is 0.504. The van der Waals surface area contributed by atoms with Crippen molar-refractivity contribution in [2.75, 3.05) is 0 Å². The number of nitrogens with zero attached hydrogens (tertiary/aromatic N) is 3. The van der Waals surface area contributed by atoms with Crippen LogP contribution in [0.2, 0.25) is 0 Å². The van der Waals surface area contributed by atoms with Crippen LogP contribution in [-0.4, -0.2) is 20.1 Å². The van der Waals surface area contributed by atoms with Crippen molar-refractivity contribution >= 4 is 11.8 Å². The van der Waals surface area contributed by atoms with Gasteiger partial charge in [-0.2, -0.15) is 18.2 Å². The average Bonchev–Trinajstić information content (AvgIpc) is 3.08. The van der Waals surface area contributed by atoms with Crippen LogP contribution in [0, 0.1) is 0 Å². The van der Waals surface area contributed by atoms with Crippen molar-refractivity contribution in [2.24, 2.45) is 0 Å². The van der Waals surface area contributed by atoms with Crippen LogP contribution in [0.25, 0.3) is 11.4 Å². The number of halogens is 3. The van der Waals surface area contributed by atoms with E-state index in [1.54, 1.807) is 0 Å². The second-order valence-corrected chi connectivity index (χ2v) is 6.24. The van der Waals surface area contributed by atoms with Gasteiger partial charge in [-0.05, 0) is 18.6 Å². The minimum absolute atomic E-state index is 0.0652. The number of hydrogen-bond donors (Lipinski definition) is 1. The van der Waals surface area contributed by atoms with E-state index in [0.717, 1.165) is 12.1 Å². The van der Waals surface area contributed by atoms with Crippen LogP contribution in [0.4, 0.5) is 13.2 Å². The molecule has 0 aliphatic carbocycles. The van der Waals surface area contributed by atoms with Crippen molar-refractivity contribution < 1.29 is 17.7 Å². The van der Waals surface area contributed by atoms with Gasteiger partial charge in [0.15, 0.2) is 5.16 Å². The van der Waals surface area contributed by atoms with E-state index in [0.29, 0.717) is 17.3 Å². The van der Waals surface area contributed by atoms with Gasteiger partial charge in [0.2, 0.25) is 11.7 Å². The topological polar surface area (TPSA) is 84.7 Å². The molecular weight excluding hydrogens is 369 g/mol. The Balaban J connectivity index is 1.75. The third kappa shape index (κ3) is 4.31. The molecule has 0 amide bonds. The molecule has 0 aliphatic heterocycles. The first-order valence-corrected chi connectivity index (χ1v) is 8.57. The number of benzene rings is 1. The number of rotatable bonds is 5. The van der Waals surface area contributed by atoms with E-state index in [9.17, 15) is 18.0 Å². The SMILES string of the molecule is CCc1cc(=O)[nH]c(SCc2nc(-c3cccc(C(F)(F)F)c3)no2)n1. The molecule has 0 saturated heterocycles. The molecule has 1 aromatic carbocycles. The van der Waals surface area contributed by atoms with Gasteiger partial charge in [-0.3, -0.25) is 4.79 Å². The van der Waals surface area contributed by atoms with E-state index >= 15 is 0 Å². The zero-order valence-electron chi connectivity index (χ0n) is 13.5. The lowest BCUT2D eigenvalue weighted by molar-refractivity contribution is -0.137. The molecule has 0 aliphatic rings. The zero-order chi connectivity index (χ0) is 18.7. The largest absolute Gasteiger partial charge is 0.416 e. The number of aromatic nitrogens is 4. The molecule has 0 atom stereocenters. The highest BCUT2D eigenvalue weighted by Crippen LogP contribution is 2.31. The molecule has 0 radical (unpaired) electrons. The molecule has 6 nitrogen and oxygen atoms in total. The summed E-state index contributed by atoms with van der Waals surface area (Å²) in [6, 6.07) is 6.12. The van der Waals surface area contributed by atoms with Gasteiger partial charge in [0.05, 0.1) is 11.3 Å². The Bertz CT molecular complexity index is 968. The van der Waals surface area contributed by atoms with Crippen molar-refractivity contribution in [2.45, 2.75) is 30.4 Å². The van der Waals surface area contributed by atoms with E-state index in [2.05, 4.69) is 20.1 Å². The predicted molar refractivity (Wildman–Crippen MR) is 88.5 cm³/mol. The summed E-state index contributed by atoms with van der Waals surface area (Å²) in [4.78, 5) is 22.5. The van der Waals surface area contributed by atoms with Crippen LogP contribution >= 0.6 is 11.8 Å². The Morgan fingerprint density at radius 3 is 2.77 bits per heavy atom. The molecule has 2 aromatic heterocycles. The van der Waals surface area contributed by atoms with Gasteiger partial charge in [-0.25, -0.2) is 4.98 Å². The molecule has 10 heteroatoms. The van der Waals surface area contributed by atoms with Crippen LogP contribution in [0.5, 0.6) is 0 Å². The maximum absolute atomic E-state index is 12.8. The number of alkyl halides is 3. The van der Waals surface area contributed by atoms with Crippen LogP contribution < -0.4 is 5.56 Å². The quantitative estimate of drug-likeness (QED) is 0.535. The van der Waals surface area contributed by atoms with E-state index < -0.39 is 11.7 Å². The molecule has 0 bridgehead atoms. The van der Waals surface area contributed by atoms with Gasteiger partial charge in [0.1, 0.15) is 0 Å². The number of hydrogen-bond acceptors (Lipinski definition) is 6. The van der Waals surface area contributed by atoms with Crippen molar-refractivity contribution in [3.8, 4) is 11.4 Å². The molecule has 0 saturated carbocycles. The molecule has 1 N–H and O–H groups in total. The third-order valence-corrected chi connectivity index (χ3v) is 4.24. The predicted octanol–water partition coefficient (Wildman–Crippen LogP) is 3.69. The summed E-state index contributed by atoms with van der Waals surface area (Å²) < 4.78 is 43.4. The second kappa shape index (κ2) is 7.32. The molecule has 3 aromatic rings. The lowest BCUT2D eigenvalue weighted by Gasteiger charge is -2.06. The Kier molecular flexibility index (Phi) is 5.12. The third-order valence-electron chi connectivity index (χ3n) is 3.38. The fourth-order valence-corrected chi connectivity index (χ4v) is 2.86. The number of H-pyrrole nitrogens is 1. The van der Waals surface area contributed by atoms with Crippen LogP contribution in [0.15, 0.2) is 44.8 Å². The van der Waals surface area contributed by atoms with Crippen LogP contribution in [0.1, 0.15) is 24.1 Å². The molecule has 0 spiro atoms. The fraction of sp³-hybridized carbons (Fsp3) is 0.250. The smallest absolute Gasteiger partial charge is 0.338 e. The number of aromatic amines is 1. The van der Waals surface area contributed by atoms with Gasteiger partial charge < -0.3 is 9.51 Å². The Labute approximate surface area is 149 Å². The number of aryl methyl sites for hydroxylation is 1. The van der Waals surface area contributed by atoms with Gasteiger partial charge >= 0.3 is 6.18 Å². The summed E-state index contributed by atoms with van der Waals surface area (Å²) >= 11 is 1.19. The molecule has 136 valence electrons. The molecule has 0 fully saturated rings. The van der Waals surface area contributed by atoms with Crippen molar-refractivity contribution in [1.29, 1.82) is 0 Å². The van der Waals surface area contributed by atoms with E-state index in [4.69, 9.17) is 4.52 Å². The summed E-state index contributed by atoms with van der Waals surface area (Å²) in [5.41, 5.74) is -0.172. The van der Waals surface area contributed by atoms with E-state index in [-0.39, 0.29) is 28.6 Å². The van der Waals surface area contributed by atoms with Gasteiger partial charge in [0, 0.05) is 17.3 Å². The Hall–Kier alpha value is -2.62. The van der Waals surface area contributed by atoms with Crippen molar-refractivity contribution in [3.63, 3.8) is 0 Å². The summed E-state index contributed by atoms with van der Waals surface area (Å²) in [5, 5.41) is 4.12. The Morgan fingerprint density at radius 1 is 1.23 bits per heavy atom. The van der Waals surface area contributed by atoms with Crippen LogP contribution in [0.3, 0.4) is 0 Å². The highest BCUT2D eigenvalue weighted by atomic mass is 32.2. The van der Waals surface area contributed by atoms with Crippen molar-refractivity contribution in [3.05, 3.63) is 57.8 Å². The number of thioether (sulfide) groups is 1. The van der Waals surface area contributed by atoms with Gasteiger partial charge in [0.25, 0.3) is 5.56 Å². The van der Waals surface area contributed by atoms with Crippen LogP contribution in [-0.2, 0) is 18.3 Å². The average molecular weight is 382 g/mol. The Morgan fingerprint density at radius 2 is 2.04 bits per heavy atom. The maximum Gasteiger partial charge on any atom is 0.416 e. The maximum atomic E-state index is 12.8. The monoisotopic (exact) mass is 382 g/mol. The molecule has 0 unspecified atom stereocenters. The fourth-order valence-electron chi connectivity index (χ4n) is 2.13. The van der Waals surface area contributed by atoms with Gasteiger partial charge in [-0.1, -0.05) is 36.0 Å². The highest BCUT2D eigenvalue weighted by Gasteiger charge is 2.30. The molecule has 3 rings (SSSR count). The lowest BCUT2D eigenvalue weighted by atomic mass is 10.1. The summed E-state index contributed by atoms with van der Waals surface area (Å²) in [6.07, 6.45) is -3.82. The highest BCUT2D eigenvalue weighted by molar-refractivity contribution is 7.98. The minimum atomic E-state index is -4.44. The molecule has 2 heterocycles. The summed E-state index contributed by atoms with van der Waals surface area (Å²) in [7, 11) is 0. The minimum Gasteiger partial charge on any atom is -0.338 e. The second-order valence-electron chi connectivity index (χ2n) is 5.27. The normalized spacial score (nSPS) is 11.7. The van der Waals surface area contributed by atoms with E-state index in [1.807, 2.05) is 6.92 Å². The first-order chi connectivity index (χ1) is 12.3. The standard InChI is InChI=1S/C16H13F3N4O2S/c1-2-11-7-12(24)21-15(20-11)26-8-13-22-14(23-25-13)9-4-3-5-10(6-9)16(17,18)19/h3-7H,2,8H2,1H3,(H,20,21,24). The van der Waals surface area contributed by atoms with Gasteiger partial charge in [-0.15, -0.1) is 0 Å².